The quantitative estimate of drug-likeness (QED) is 0.730. The second-order valence-corrected chi connectivity index (χ2v) is 7.25. The van der Waals surface area contributed by atoms with E-state index in [1.165, 1.54) is 51.9 Å². The van der Waals surface area contributed by atoms with Gasteiger partial charge in [0.15, 0.2) is 0 Å². The van der Waals surface area contributed by atoms with Crippen LogP contribution in [0.15, 0.2) is 0 Å². The van der Waals surface area contributed by atoms with Crippen LogP contribution >= 0.6 is 0 Å². The lowest BCUT2D eigenvalue weighted by atomic mass is 9.87. The van der Waals surface area contributed by atoms with Gasteiger partial charge in [0.05, 0.1) is 0 Å². The molecule has 2 aliphatic rings. The minimum absolute atomic E-state index is 0.377. The first kappa shape index (κ1) is 13.4. The molecule has 0 aliphatic carbocycles. The molecule has 2 heteroatoms. The molecule has 17 heavy (non-hydrogen) atoms. The van der Waals surface area contributed by atoms with Crippen molar-refractivity contribution in [2.45, 2.75) is 52.0 Å². The Hall–Kier alpha value is -0.0800. The summed E-state index contributed by atoms with van der Waals surface area (Å²) < 4.78 is 0. The van der Waals surface area contributed by atoms with Gasteiger partial charge in [-0.3, -0.25) is 4.90 Å². The Morgan fingerprint density at radius 1 is 0.941 bits per heavy atom. The largest absolute Gasteiger partial charge is 0.306 e. The first-order chi connectivity index (χ1) is 7.95. The fourth-order valence-corrected chi connectivity index (χ4v) is 3.40. The fourth-order valence-electron chi connectivity index (χ4n) is 3.40. The second kappa shape index (κ2) is 5.27. The van der Waals surface area contributed by atoms with Crippen molar-refractivity contribution < 1.29 is 0 Å². The van der Waals surface area contributed by atoms with E-state index in [2.05, 4.69) is 37.6 Å². The topological polar surface area (TPSA) is 6.48 Å². The molecule has 100 valence electrons. The lowest BCUT2D eigenvalue weighted by Crippen LogP contribution is -2.39. The monoisotopic (exact) mass is 238 g/mol. The Morgan fingerprint density at radius 2 is 1.53 bits per heavy atom. The van der Waals surface area contributed by atoms with Crippen LogP contribution in [-0.2, 0) is 0 Å². The SMILES string of the molecule is CN1CCC(CC2CCN(C(C)(C)C)C2)CC1. The van der Waals surface area contributed by atoms with Crippen LogP contribution in [0.2, 0.25) is 0 Å². The van der Waals surface area contributed by atoms with Crippen LogP contribution in [0.5, 0.6) is 0 Å². The molecule has 1 unspecified atom stereocenters. The second-order valence-electron chi connectivity index (χ2n) is 7.25. The molecule has 0 N–H and O–H groups in total. The summed E-state index contributed by atoms with van der Waals surface area (Å²) in [7, 11) is 2.26. The van der Waals surface area contributed by atoms with E-state index >= 15 is 0 Å². The van der Waals surface area contributed by atoms with Crippen molar-refractivity contribution in [1.29, 1.82) is 0 Å². The normalized spacial score (nSPS) is 30.0. The molecular formula is C15H30N2. The number of hydrogen-bond donors (Lipinski definition) is 0. The number of likely N-dealkylation sites (tertiary alicyclic amines) is 2. The van der Waals surface area contributed by atoms with Crippen molar-refractivity contribution in [2.75, 3.05) is 33.2 Å². The highest BCUT2D eigenvalue weighted by atomic mass is 15.2. The van der Waals surface area contributed by atoms with E-state index in [0.717, 1.165) is 11.8 Å². The highest BCUT2D eigenvalue weighted by molar-refractivity contribution is 4.86. The van der Waals surface area contributed by atoms with Gasteiger partial charge in [-0.05, 0) is 85.0 Å². The molecule has 2 heterocycles. The zero-order valence-corrected chi connectivity index (χ0v) is 12.2. The van der Waals surface area contributed by atoms with Gasteiger partial charge in [-0.25, -0.2) is 0 Å². The molecule has 2 aliphatic heterocycles. The van der Waals surface area contributed by atoms with E-state index in [9.17, 15) is 0 Å². The van der Waals surface area contributed by atoms with Gasteiger partial charge in [-0.2, -0.15) is 0 Å². The van der Waals surface area contributed by atoms with E-state index in [1.54, 1.807) is 0 Å². The molecule has 0 bridgehead atoms. The van der Waals surface area contributed by atoms with Crippen LogP contribution in [0, 0.1) is 11.8 Å². The first-order valence-electron chi connectivity index (χ1n) is 7.39. The highest BCUT2D eigenvalue weighted by Crippen LogP contribution is 2.31. The number of hydrogen-bond acceptors (Lipinski definition) is 2. The summed E-state index contributed by atoms with van der Waals surface area (Å²) in [6.07, 6.45) is 5.79. The Labute approximate surface area is 107 Å². The minimum atomic E-state index is 0.377. The third-order valence-electron chi connectivity index (χ3n) is 4.74. The average molecular weight is 238 g/mol. The Balaban J connectivity index is 1.74. The molecule has 1 atom stereocenters. The predicted octanol–water partition coefficient (Wildman–Crippen LogP) is 2.84. The minimum Gasteiger partial charge on any atom is -0.306 e. The molecule has 0 aromatic carbocycles. The Kier molecular flexibility index (Phi) is 4.14. The van der Waals surface area contributed by atoms with Crippen molar-refractivity contribution in [3.8, 4) is 0 Å². The van der Waals surface area contributed by atoms with Crippen LogP contribution in [-0.4, -0.2) is 48.6 Å². The van der Waals surface area contributed by atoms with E-state index in [4.69, 9.17) is 0 Å². The Bertz CT molecular complexity index is 236. The zero-order chi connectivity index (χ0) is 12.5. The summed E-state index contributed by atoms with van der Waals surface area (Å²) in [5.41, 5.74) is 0.377. The summed E-state index contributed by atoms with van der Waals surface area (Å²) >= 11 is 0. The van der Waals surface area contributed by atoms with Crippen LogP contribution in [0.1, 0.15) is 46.5 Å². The van der Waals surface area contributed by atoms with Crippen LogP contribution < -0.4 is 0 Å². The number of rotatable bonds is 2. The fraction of sp³-hybridized carbons (Fsp3) is 1.00. The van der Waals surface area contributed by atoms with E-state index < -0.39 is 0 Å². The highest BCUT2D eigenvalue weighted by Gasteiger charge is 2.31. The third kappa shape index (κ3) is 3.69. The van der Waals surface area contributed by atoms with Crippen molar-refractivity contribution in [1.82, 2.24) is 9.80 Å². The molecule has 2 nitrogen and oxygen atoms in total. The van der Waals surface area contributed by atoms with Gasteiger partial charge in [-0.15, -0.1) is 0 Å². The lowest BCUT2D eigenvalue weighted by Gasteiger charge is -2.33. The van der Waals surface area contributed by atoms with Gasteiger partial charge >= 0.3 is 0 Å². The van der Waals surface area contributed by atoms with Crippen LogP contribution in [0.4, 0.5) is 0 Å². The maximum atomic E-state index is 2.67. The standard InChI is InChI=1S/C15H30N2/c1-15(2,3)17-10-7-14(12-17)11-13-5-8-16(4)9-6-13/h13-14H,5-12H2,1-4H3. The smallest absolute Gasteiger partial charge is 0.0125 e. The van der Waals surface area contributed by atoms with Crippen molar-refractivity contribution in [2.24, 2.45) is 11.8 Å². The molecular weight excluding hydrogens is 208 g/mol. The summed E-state index contributed by atoms with van der Waals surface area (Å²) in [4.78, 5) is 5.15. The summed E-state index contributed by atoms with van der Waals surface area (Å²) in [6.45, 7) is 12.4. The molecule has 0 spiro atoms. The van der Waals surface area contributed by atoms with Gasteiger partial charge < -0.3 is 4.90 Å². The van der Waals surface area contributed by atoms with Gasteiger partial charge in [-0.1, -0.05) is 0 Å². The maximum Gasteiger partial charge on any atom is 0.0125 e. The molecule has 2 saturated heterocycles. The van der Waals surface area contributed by atoms with E-state index in [0.29, 0.717) is 5.54 Å². The third-order valence-corrected chi connectivity index (χ3v) is 4.74. The number of piperidine rings is 1. The molecule has 2 fully saturated rings. The van der Waals surface area contributed by atoms with Gasteiger partial charge in [0.2, 0.25) is 0 Å². The number of nitrogens with zero attached hydrogens (tertiary/aromatic N) is 2. The zero-order valence-electron chi connectivity index (χ0n) is 12.2. The molecule has 0 saturated carbocycles. The van der Waals surface area contributed by atoms with Crippen molar-refractivity contribution in [3.05, 3.63) is 0 Å². The van der Waals surface area contributed by atoms with E-state index in [1.807, 2.05) is 0 Å². The summed E-state index contributed by atoms with van der Waals surface area (Å²) in [5.74, 6) is 1.98. The van der Waals surface area contributed by atoms with Crippen molar-refractivity contribution >= 4 is 0 Å². The maximum absolute atomic E-state index is 2.67. The molecule has 0 aromatic rings. The molecule has 2 rings (SSSR count). The van der Waals surface area contributed by atoms with Gasteiger partial charge in [0.1, 0.15) is 0 Å². The average Bonchev–Trinajstić information content (AvgIpc) is 2.69. The van der Waals surface area contributed by atoms with E-state index in [-0.39, 0.29) is 0 Å². The molecule has 0 aromatic heterocycles. The first-order valence-corrected chi connectivity index (χ1v) is 7.39. The van der Waals surface area contributed by atoms with Crippen LogP contribution in [0.25, 0.3) is 0 Å². The van der Waals surface area contributed by atoms with Gasteiger partial charge in [0, 0.05) is 12.1 Å². The van der Waals surface area contributed by atoms with Crippen molar-refractivity contribution in [3.63, 3.8) is 0 Å². The molecule has 0 amide bonds. The summed E-state index contributed by atoms with van der Waals surface area (Å²) in [5, 5.41) is 0. The Morgan fingerprint density at radius 3 is 2.06 bits per heavy atom. The predicted molar refractivity (Wildman–Crippen MR) is 74.3 cm³/mol. The molecule has 0 radical (unpaired) electrons. The van der Waals surface area contributed by atoms with Gasteiger partial charge in [0.25, 0.3) is 0 Å². The summed E-state index contributed by atoms with van der Waals surface area (Å²) in [6, 6.07) is 0. The lowest BCUT2D eigenvalue weighted by molar-refractivity contribution is 0.157. The van der Waals surface area contributed by atoms with Crippen LogP contribution in [0.3, 0.4) is 0 Å².